The van der Waals surface area contributed by atoms with Gasteiger partial charge in [-0.3, -0.25) is 9.59 Å². The zero-order valence-electron chi connectivity index (χ0n) is 10.7. The average molecular weight is 319 g/mol. The topological polar surface area (TPSA) is 118 Å². The van der Waals surface area contributed by atoms with Crippen LogP contribution in [0.1, 0.15) is 11.5 Å². The van der Waals surface area contributed by atoms with E-state index in [4.69, 9.17) is 13.9 Å². The van der Waals surface area contributed by atoms with Gasteiger partial charge in [0.05, 0.1) is 12.5 Å². The van der Waals surface area contributed by atoms with Gasteiger partial charge in [0.2, 0.25) is 22.4 Å². The molecule has 2 N–H and O–H groups in total. The molecule has 0 radical (unpaired) electrons. The molecule has 0 saturated carbocycles. The Labute approximate surface area is 122 Å². The van der Waals surface area contributed by atoms with Crippen LogP contribution >= 0.6 is 0 Å². The quantitative estimate of drug-likeness (QED) is 0.748. The summed E-state index contributed by atoms with van der Waals surface area (Å²) in [5.74, 6) is -0.111. The van der Waals surface area contributed by atoms with Gasteiger partial charge in [-0.1, -0.05) is 0 Å². The molecule has 0 bridgehead atoms. The monoisotopic (exact) mass is 319 g/mol. The van der Waals surface area contributed by atoms with Gasteiger partial charge in [0, 0.05) is 12.1 Å². The van der Waals surface area contributed by atoms with Crippen LogP contribution in [0.15, 0.2) is 43.1 Å². The maximum atomic E-state index is 10.5. The third-order valence-electron chi connectivity index (χ3n) is 2.06. The van der Waals surface area contributed by atoms with Crippen LogP contribution in [-0.2, 0) is 21.0 Å². The number of hydrogen-bond acceptors (Lipinski definition) is 7. The molecule has 0 aliphatic rings. The summed E-state index contributed by atoms with van der Waals surface area (Å²) in [5.41, 5.74) is -0.808. The third-order valence-corrected chi connectivity index (χ3v) is 2.06. The molecule has 0 saturated heterocycles. The van der Waals surface area contributed by atoms with E-state index in [1.165, 1.54) is 38.5 Å². The minimum absolute atomic E-state index is 0.252. The second-order valence-electron chi connectivity index (χ2n) is 3.38. The van der Waals surface area contributed by atoms with Crippen molar-refractivity contribution in [2.24, 2.45) is 0 Å². The molecule has 0 atom stereocenters. The number of rotatable bonds is 0. The number of aromatic hydroxyl groups is 2. The molecule has 7 nitrogen and oxygen atoms in total. The molecule has 0 aliphatic heterocycles. The van der Waals surface area contributed by atoms with Crippen LogP contribution in [0.3, 0.4) is 0 Å². The summed E-state index contributed by atoms with van der Waals surface area (Å²) in [6.07, 6.45) is 2.49. The van der Waals surface area contributed by atoms with Gasteiger partial charge < -0.3 is 19.0 Å². The first kappa shape index (κ1) is 17.9. The van der Waals surface area contributed by atoms with Crippen LogP contribution in [0.2, 0.25) is 0 Å². The van der Waals surface area contributed by atoms with Crippen LogP contribution in [0, 0.1) is 13.8 Å². The fraction of sp³-hybridized carbons (Fsp3) is 0.167. The van der Waals surface area contributed by atoms with E-state index in [1.807, 2.05) is 0 Å². The SMILES string of the molecule is Cc1occc(=O)c1O.Cc1occc(=O)c1O.[O]=[V]. The van der Waals surface area contributed by atoms with Crippen molar-refractivity contribution < 1.29 is 40.1 Å². The van der Waals surface area contributed by atoms with E-state index in [0.29, 0.717) is 0 Å². The van der Waals surface area contributed by atoms with Crippen molar-refractivity contribution in [3.8, 4) is 11.5 Å². The molecule has 0 aliphatic carbocycles. The zero-order valence-corrected chi connectivity index (χ0v) is 12.1. The first-order chi connectivity index (χ1) is 9.43. The van der Waals surface area contributed by atoms with E-state index in [1.54, 1.807) is 0 Å². The minimum atomic E-state index is -0.404. The summed E-state index contributed by atoms with van der Waals surface area (Å²) in [5, 5.41) is 17.6. The van der Waals surface area contributed by atoms with Gasteiger partial charge in [0.15, 0.2) is 0 Å². The van der Waals surface area contributed by atoms with Crippen molar-refractivity contribution in [3.05, 3.63) is 56.6 Å². The fourth-order valence-electron chi connectivity index (χ4n) is 1.01. The van der Waals surface area contributed by atoms with E-state index in [2.05, 4.69) is 8.83 Å². The summed E-state index contributed by atoms with van der Waals surface area (Å²) in [6, 6.07) is 2.34. The van der Waals surface area contributed by atoms with Gasteiger partial charge in [-0.2, -0.15) is 0 Å². The Kier molecular flexibility index (Phi) is 7.95. The van der Waals surface area contributed by atoms with Crippen molar-refractivity contribution in [1.82, 2.24) is 0 Å². The molecule has 0 unspecified atom stereocenters. The Hall–Kier alpha value is -2.12. The predicted molar refractivity (Wildman–Crippen MR) is 63.4 cm³/mol. The molecule has 2 heterocycles. The Balaban J connectivity index is 0.000000321. The maximum absolute atomic E-state index is 10.5. The molecule has 2 aromatic heterocycles. The Morgan fingerprint density at radius 2 is 1.15 bits per heavy atom. The second kappa shape index (κ2) is 8.90. The molecule has 0 amide bonds. The van der Waals surface area contributed by atoms with Crippen LogP contribution < -0.4 is 10.9 Å². The van der Waals surface area contributed by atoms with Gasteiger partial charge in [0.25, 0.3) is 0 Å². The molecule has 107 valence electrons. The summed E-state index contributed by atoms with van der Waals surface area (Å²) >= 11 is 1.06. The van der Waals surface area contributed by atoms with Crippen molar-refractivity contribution in [1.29, 1.82) is 0 Å². The van der Waals surface area contributed by atoms with Crippen molar-refractivity contribution >= 4 is 0 Å². The van der Waals surface area contributed by atoms with Crippen LogP contribution in [0.5, 0.6) is 11.5 Å². The molecule has 0 fully saturated rings. The van der Waals surface area contributed by atoms with E-state index >= 15 is 0 Å². The third kappa shape index (κ3) is 5.25. The predicted octanol–water partition coefficient (Wildman–Crippen LogP) is 1.19. The van der Waals surface area contributed by atoms with E-state index in [0.717, 1.165) is 17.4 Å². The van der Waals surface area contributed by atoms with E-state index < -0.39 is 10.9 Å². The average Bonchev–Trinajstić information content (AvgIpc) is 2.45. The molecular formula is C12H12O7V. The van der Waals surface area contributed by atoms with Gasteiger partial charge >= 0.3 is 21.0 Å². The molecule has 2 rings (SSSR count). The standard InChI is InChI=1S/2C6H6O3.O.V/c2*1-4-6(8)5(7)2-3-9-4;;/h2*2-3,8H,1H3;;. The number of aryl methyl sites for hydroxylation is 2. The summed E-state index contributed by atoms with van der Waals surface area (Å²) in [7, 11) is 0. The number of hydrogen-bond donors (Lipinski definition) is 2. The Morgan fingerprint density at radius 3 is 1.35 bits per heavy atom. The van der Waals surface area contributed by atoms with Crippen LogP contribution in [0.25, 0.3) is 0 Å². The van der Waals surface area contributed by atoms with Crippen LogP contribution in [-0.4, -0.2) is 10.2 Å². The Morgan fingerprint density at radius 1 is 0.850 bits per heavy atom. The second-order valence-corrected chi connectivity index (χ2v) is 3.38. The van der Waals surface area contributed by atoms with Crippen molar-refractivity contribution in [2.45, 2.75) is 13.8 Å². The van der Waals surface area contributed by atoms with Crippen molar-refractivity contribution in [3.63, 3.8) is 0 Å². The molecule has 0 aromatic carbocycles. The van der Waals surface area contributed by atoms with Gasteiger partial charge in [0.1, 0.15) is 11.5 Å². The van der Waals surface area contributed by atoms with Gasteiger partial charge in [-0.15, -0.1) is 0 Å². The molecule has 8 heteroatoms. The summed E-state index contributed by atoms with van der Waals surface area (Å²) in [4.78, 5) is 21.1. The van der Waals surface area contributed by atoms with Crippen LogP contribution in [0.4, 0.5) is 0 Å². The first-order valence-corrected chi connectivity index (χ1v) is 5.73. The fourth-order valence-corrected chi connectivity index (χ4v) is 1.01. The summed E-state index contributed by atoms with van der Waals surface area (Å²) < 4.78 is 17.6. The Bertz CT molecular complexity index is 602. The van der Waals surface area contributed by atoms with Gasteiger partial charge in [-0.25, -0.2) is 0 Å². The molecule has 2 aromatic rings. The van der Waals surface area contributed by atoms with E-state index in [-0.39, 0.29) is 23.0 Å². The molecule has 0 spiro atoms. The first-order valence-electron chi connectivity index (χ1n) is 5.16. The van der Waals surface area contributed by atoms with Crippen molar-refractivity contribution in [2.75, 3.05) is 0 Å². The summed E-state index contributed by atoms with van der Waals surface area (Å²) in [6.45, 7) is 3.05. The van der Waals surface area contributed by atoms with Gasteiger partial charge in [-0.05, 0) is 13.8 Å². The molecular weight excluding hydrogens is 307 g/mol. The zero-order chi connectivity index (χ0) is 15.7. The molecule has 20 heavy (non-hydrogen) atoms. The normalized spacial score (nSPS) is 8.65. The van der Waals surface area contributed by atoms with E-state index in [9.17, 15) is 9.59 Å².